The largest absolute Gasteiger partial charge is 0.484 e. The SMILES string of the molecule is O=C(COc1ccc(I)cc1)NN=Cc1cn(Cc2ccccc2)c2ccccc12. The molecule has 0 radical (unpaired) electrons. The number of hydrogen-bond acceptors (Lipinski definition) is 3. The second kappa shape index (κ2) is 9.58. The number of aromatic nitrogens is 1. The minimum absolute atomic E-state index is 0.0896. The van der Waals surface area contributed by atoms with Gasteiger partial charge in [0.25, 0.3) is 5.91 Å². The molecule has 0 bridgehead atoms. The third kappa shape index (κ3) is 5.07. The number of hydrogen-bond donors (Lipinski definition) is 1. The van der Waals surface area contributed by atoms with Crippen molar-refractivity contribution >= 4 is 45.6 Å². The van der Waals surface area contributed by atoms with Crippen molar-refractivity contribution in [2.45, 2.75) is 6.54 Å². The molecule has 0 saturated heterocycles. The summed E-state index contributed by atoms with van der Waals surface area (Å²) in [5.74, 6) is 0.344. The number of nitrogens with one attached hydrogen (secondary N) is 1. The zero-order valence-corrected chi connectivity index (χ0v) is 18.3. The highest BCUT2D eigenvalue weighted by molar-refractivity contribution is 14.1. The minimum atomic E-state index is -0.308. The Hall–Kier alpha value is -3.13. The highest BCUT2D eigenvalue weighted by atomic mass is 127. The smallest absolute Gasteiger partial charge is 0.277 e. The first-order valence-corrected chi connectivity index (χ1v) is 10.6. The van der Waals surface area contributed by atoms with E-state index in [0.29, 0.717) is 5.75 Å². The number of benzene rings is 3. The zero-order valence-electron chi connectivity index (χ0n) is 16.2. The first-order chi connectivity index (χ1) is 14.7. The maximum Gasteiger partial charge on any atom is 0.277 e. The van der Waals surface area contributed by atoms with Gasteiger partial charge in [-0.2, -0.15) is 5.10 Å². The number of carbonyl (C=O) groups is 1. The van der Waals surface area contributed by atoms with Crippen LogP contribution >= 0.6 is 22.6 Å². The Kier molecular flexibility index (Phi) is 6.44. The van der Waals surface area contributed by atoms with Crippen molar-refractivity contribution < 1.29 is 9.53 Å². The second-order valence-electron chi connectivity index (χ2n) is 6.75. The average Bonchev–Trinajstić information content (AvgIpc) is 3.12. The highest BCUT2D eigenvalue weighted by Crippen LogP contribution is 2.21. The van der Waals surface area contributed by atoms with Gasteiger partial charge in [0.05, 0.1) is 6.21 Å². The molecule has 1 N–H and O–H groups in total. The molecule has 0 unspecified atom stereocenters. The summed E-state index contributed by atoms with van der Waals surface area (Å²) in [5.41, 5.74) is 5.82. The van der Waals surface area contributed by atoms with E-state index in [4.69, 9.17) is 4.74 Å². The van der Waals surface area contributed by atoms with Crippen LogP contribution in [0.15, 0.2) is 90.2 Å². The molecule has 1 amide bonds. The number of ether oxygens (including phenoxy) is 1. The monoisotopic (exact) mass is 509 g/mol. The first-order valence-electron chi connectivity index (χ1n) is 9.51. The predicted molar refractivity (Wildman–Crippen MR) is 128 cm³/mol. The molecule has 5 nitrogen and oxygen atoms in total. The fourth-order valence-corrected chi connectivity index (χ4v) is 3.53. The van der Waals surface area contributed by atoms with Crippen molar-refractivity contribution in [3.05, 3.63) is 99.8 Å². The number of halogens is 1. The van der Waals surface area contributed by atoms with Gasteiger partial charge in [-0.3, -0.25) is 4.79 Å². The Bertz CT molecular complexity index is 1170. The summed E-state index contributed by atoms with van der Waals surface area (Å²) >= 11 is 2.22. The molecular formula is C24H20IN3O2. The van der Waals surface area contributed by atoms with Gasteiger partial charge in [0.1, 0.15) is 5.75 Å². The zero-order chi connectivity index (χ0) is 20.8. The number of nitrogens with zero attached hydrogens (tertiary/aromatic N) is 2. The number of amides is 1. The van der Waals surface area contributed by atoms with Crippen LogP contribution in [0, 0.1) is 3.57 Å². The van der Waals surface area contributed by atoms with Gasteiger partial charge in [0.2, 0.25) is 0 Å². The molecule has 0 aliphatic rings. The van der Waals surface area contributed by atoms with E-state index in [1.54, 1.807) is 6.21 Å². The topological polar surface area (TPSA) is 55.6 Å². The molecule has 1 aromatic heterocycles. The van der Waals surface area contributed by atoms with Crippen LogP contribution in [0.4, 0.5) is 0 Å². The van der Waals surface area contributed by atoms with Gasteiger partial charge in [-0.05, 0) is 58.5 Å². The summed E-state index contributed by atoms with van der Waals surface area (Å²) in [6, 6.07) is 26.0. The van der Waals surface area contributed by atoms with E-state index in [-0.39, 0.29) is 12.5 Å². The molecule has 6 heteroatoms. The van der Waals surface area contributed by atoms with Crippen molar-refractivity contribution in [3.63, 3.8) is 0 Å². The van der Waals surface area contributed by atoms with Crippen LogP contribution in [-0.2, 0) is 11.3 Å². The van der Waals surface area contributed by atoms with Gasteiger partial charge >= 0.3 is 0 Å². The maximum absolute atomic E-state index is 12.0. The molecule has 3 aromatic carbocycles. The van der Waals surface area contributed by atoms with E-state index in [2.05, 4.69) is 68.1 Å². The Morgan fingerprint density at radius 3 is 2.53 bits per heavy atom. The van der Waals surface area contributed by atoms with Crippen LogP contribution in [-0.4, -0.2) is 23.3 Å². The molecule has 0 atom stereocenters. The Labute approximate surface area is 188 Å². The quantitative estimate of drug-likeness (QED) is 0.221. The van der Waals surface area contributed by atoms with Crippen molar-refractivity contribution in [3.8, 4) is 5.75 Å². The van der Waals surface area contributed by atoms with Gasteiger partial charge in [0.15, 0.2) is 6.61 Å². The summed E-state index contributed by atoms with van der Waals surface area (Å²) in [6.45, 7) is 0.680. The van der Waals surface area contributed by atoms with Gasteiger partial charge < -0.3 is 9.30 Å². The number of fused-ring (bicyclic) bond motifs is 1. The Balaban J connectivity index is 1.42. The summed E-state index contributed by atoms with van der Waals surface area (Å²) < 4.78 is 8.77. The Morgan fingerprint density at radius 2 is 1.73 bits per heavy atom. The minimum Gasteiger partial charge on any atom is -0.484 e. The van der Waals surface area contributed by atoms with Gasteiger partial charge in [0, 0.05) is 32.8 Å². The summed E-state index contributed by atoms with van der Waals surface area (Å²) in [5, 5.41) is 5.20. The van der Waals surface area contributed by atoms with Gasteiger partial charge in [-0.25, -0.2) is 5.43 Å². The number of hydrazone groups is 1. The molecular weight excluding hydrogens is 489 g/mol. The third-order valence-corrected chi connectivity index (χ3v) is 5.31. The number of rotatable bonds is 7. The van der Waals surface area contributed by atoms with Crippen molar-refractivity contribution in [1.82, 2.24) is 9.99 Å². The van der Waals surface area contributed by atoms with Gasteiger partial charge in [-0.1, -0.05) is 48.5 Å². The molecule has 4 rings (SSSR count). The van der Waals surface area contributed by atoms with Crippen LogP contribution in [0.1, 0.15) is 11.1 Å². The molecule has 0 fully saturated rings. The van der Waals surface area contributed by atoms with Crippen LogP contribution in [0.3, 0.4) is 0 Å². The molecule has 0 aliphatic heterocycles. The van der Waals surface area contributed by atoms with E-state index >= 15 is 0 Å². The van der Waals surface area contributed by atoms with E-state index < -0.39 is 0 Å². The molecule has 30 heavy (non-hydrogen) atoms. The maximum atomic E-state index is 12.0. The van der Waals surface area contributed by atoms with E-state index in [1.807, 2.05) is 54.6 Å². The van der Waals surface area contributed by atoms with E-state index in [0.717, 1.165) is 26.6 Å². The fourth-order valence-electron chi connectivity index (χ4n) is 3.17. The molecule has 150 valence electrons. The van der Waals surface area contributed by atoms with E-state index in [1.165, 1.54) is 5.56 Å². The molecule has 0 aliphatic carbocycles. The van der Waals surface area contributed by atoms with Crippen LogP contribution < -0.4 is 10.2 Å². The van der Waals surface area contributed by atoms with Crippen LogP contribution in [0.25, 0.3) is 10.9 Å². The normalized spacial score (nSPS) is 11.1. The second-order valence-corrected chi connectivity index (χ2v) is 8.00. The lowest BCUT2D eigenvalue weighted by Gasteiger charge is -2.05. The van der Waals surface area contributed by atoms with Crippen molar-refractivity contribution in [2.24, 2.45) is 5.10 Å². The fraction of sp³-hybridized carbons (Fsp3) is 0.0833. The Morgan fingerprint density at radius 1 is 1.00 bits per heavy atom. The van der Waals surface area contributed by atoms with Crippen LogP contribution in [0.5, 0.6) is 5.75 Å². The van der Waals surface area contributed by atoms with Crippen LogP contribution in [0.2, 0.25) is 0 Å². The lowest BCUT2D eigenvalue weighted by molar-refractivity contribution is -0.123. The molecule has 4 aromatic rings. The predicted octanol–water partition coefficient (Wildman–Crippen LogP) is 4.82. The third-order valence-electron chi connectivity index (χ3n) is 4.59. The van der Waals surface area contributed by atoms with Crippen molar-refractivity contribution in [2.75, 3.05) is 6.61 Å². The number of para-hydroxylation sites is 1. The number of carbonyl (C=O) groups excluding carboxylic acids is 1. The first kappa shape index (κ1) is 20.2. The summed E-state index contributed by atoms with van der Waals surface area (Å²) in [7, 11) is 0. The molecule has 1 heterocycles. The standard InChI is InChI=1S/C24H20IN3O2/c25-20-10-12-21(13-11-20)30-17-24(29)27-26-14-19-16-28(15-18-6-2-1-3-7-18)23-9-5-4-8-22(19)23/h1-14,16H,15,17H2,(H,27,29). The average molecular weight is 509 g/mol. The lowest BCUT2D eigenvalue weighted by Crippen LogP contribution is -2.24. The van der Waals surface area contributed by atoms with Crippen molar-refractivity contribution in [1.29, 1.82) is 0 Å². The lowest BCUT2D eigenvalue weighted by atomic mass is 10.2. The highest BCUT2D eigenvalue weighted by Gasteiger charge is 2.07. The molecule has 0 saturated carbocycles. The summed E-state index contributed by atoms with van der Waals surface area (Å²) in [6.07, 6.45) is 3.72. The van der Waals surface area contributed by atoms with Gasteiger partial charge in [-0.15, -0.1) is 0 Å². The molecule has 0 spiro atoms. The summed E-state index contributed by atoms with van der Waals surface area (Å²) in [4.78, 5) is 12.0. The van der Waals surface area contributed by atoms with E-state index in [9.17, 15) is 4.79 Å².